The average molecular weight is 352 g/mol. The lowest BCUT2D eigenvalue weighted by Gasteiger charge is -2.06. The molecule has 26 heavy (non-hydrogen) atoms. The van der Waals surface area contributed by atoms with Crippen molar-refractivity contribution >= 4 is 11.3 Å². The summed E-state index contributed by atoms with van der Waals surface area (Å²) in [6.07, 6.45) is 1.53. The molecular formula is C17H12N4O5. The molecule has 0 aliphatic carbocycles. The van der Waals surface area contributed by atoms with Crippen molar-refractivity contribution < 1.29 is 14.1 Å². The number of benzene rings is 1. The third-order valence-corrected chi connectivity index (χ3v) is 3.73. The van der Waals surface area contributed by atoms with Crippen molar-refractivity contribution in [2.75, 3.05) is 0 Å². The van der Waals surface area contributed by atoms with Gasteiger partial charge in [0.15, 0.2) is 17.2 Å². The zero-order valence-corrected chi connectivity index (χ0v) is 13.3. The Hall–Kier alpha value is -3.88. The van der Waals surface area contributed by atoms with E-state index < -0.39 is 4.92 Å². The molecule has 3 aromatic heterocycles. The molecule has 1 N–H and O–H groups in total. The summed E-state index contributed by atoms with van der Waals surface area (Å²) in [5.41, 5.74) is 0.889. The van der Waals surface area contributed by atoms with Gasteiger partial charge in [0.1, 0.15) is 12.3 Å². The van der Waals surface area contributed by atoms with Crippen LogP contribution in [0.4, 0.5) is 5.69 Å². The summed E-state index contributed by atoms with van der Waals surface area (Å²) in [6, 6.07) is 12.5. The lowest BCUT2D eigenvalue weighted by Crippen LogP contribution is -2.16. The summed E-state index contributed by atoms with van der Waals surface area (Å²) in [5, 5.41) is 13.9. The van der Waals surface area contributed by atoms with Gasteiger partial charge in [-0.05, 0) is 18.2 Å². The van der Waals surface area contributed by atoms with Gasteiger partial charge < -0.3 is 9.15 Å². The molecule has 130 valence electrons. The SMILES string of the molecule is O=c1cc(COc2ccccc2[N+](=O)[O-])nc2cc(-c3ccco3)[nH]n12. The number of nitro groups is 1. The van der Waals surface area contributed by atoms with Crippen molar-refractivity contribution in [3.8, 4) is 17.2 Å². The Morgan fingerprint density at radius 3 is 2.85 bits per heavy atom. The Labute approximate surface area is 145 Å². The number of aromatic amines is 1. The first-order valence-electron chi connectivity index (χ1n) is 7.63. The van der Waals surface area contributed by atoms with Gasteiger partial charge >= 0.3 is 5.69 Å². The quantitative estimate of drug-likeness (QED) is 0.436. The Morgan fingerprint density at radius 1 is 1.23 bits per heavy atom. The Kier molecular flexibility index (Phi) is 3.73. The Bertz CT molecular complexity index is 1140. The van der Waals surface area contributed by atoms with Crippen LogP contribution in [0.25, 0.3) is 17.1 Å². The van der Waals surface area contributed by atoms with Crippen molar-refractivity contribution in [1.29, 1.82) is 0 Å². The van der Waals surface area contributed by atoms with E-state index in [-0.39, 0.29) is 23.6 Å². The van der Waals surface area contributed by atoms with Gasteiger partial charge in [-0.15, -0.1) is 0 Å². The molecule has 0 amide bonds. The summed E-state index contributed by atoms with van der Waals surface area (Å²) in [6.45, 7) is -0.0716. The van der Waals surface area contributed by atoms with Crippen LogP contribution in [0.2, 0.25) is 0 Å². The van der Waals surface area contributed by atoms with Gasteiger partial charge in [0.25, 0.3) is 5.56 Å². The zero-order valence-electron chi connectivity index (χ0n) is 13.3. The number of fused-ring (bicyclic) bond motifs is 1. The van der Waals surface area contributed by atoms with Gasteiger partial charge in [0.05, 0.1) is 16.9 Å². The Balaban J connectivity index is 1.64. The van der Waals surface area contributed by atoms with Crippen LogP contribution in [0.15, 0.2) is 64.0 Å². The maximum atomic E-state index is 12.3. The van der Waals surface area contributed by atoms with Gasteiger partial charge in [0.2, 0.25) is 0 Å². The molecule has 0 saturated carbocycles. The predicted octanol–water partition coefficient (Wildman–Crippen LogP) is 2.77. The highest BCUT2D eigenvalue weighted by Crippen LogP contribution is 2.26. The second-order valence-electron chi connectivity index (χ2n) is 5.44. The van der Waals surface area contributed by atoms with E-state index in [1.807, 2.05) is 0 Å². The zero-order chi connectivity index (χ0) is 18.1. The normalized spacial score (nSPS) is 10.9. The summed E-state index contributed by atoms with van der Waals surface area (Å²) >= 11 is 0. The van der Waals surface area contributed by atoms with Crippen LogP contribution in [0.5, 0.6) is 5.75 Å². The van der Waals surface area contributed by atoms with Crippen LogP contribution in [0.3, 0.4) is 0 Å². The molecule has 1 aromatic carbocycles. The van der Waals surface area contributed by atoms with E-state index in [9.17, 15) is 14.9 Å². The number of aromatic nitrogens is 3. The lowest BCUT2D eigenvalue weighted by atomic mass is 10.3. The fourth-order valence-electron chi connectivity index (χ4n) is 2.55. The van der Waals surface area contributed by atoms with Crippen LogP contribution in [-0.4, -0.2) is 19.5 Å². The van der Waals surface area contributed by atoms with E-state index >= 15 is 0 Å². The maximum Gasteiger partial charge on any atom is 0.310 e. The number of rotatable bonds is 5. The third-order valence-electron chi connectivity index (χ3n) is 3.73. The number of para-hydroxylation sites is 2. The largest absolute Gasteiger partial charge is 0.480 e. The number of nitro benzene ring substituents is 1. The average Bonchev–Trinajstić information content (AvgIpc) is 3.29. The maximum absolute atomic E-state index is 12.3. The van der Waals surface area contributed by atoms with Crippen LogP contribution < -0.4 is 10.3 Å². The third kappa shape index (κ3) is 2.81. The van der Waals surface area contributed by atoms with Gasteiger partial charge in [0, 0.05) is 18.2 Å². The van der Waals surface area contributed by atoms with Gasteiger partial charge in [-0.2, -0.15) is 0 Å². The number of ether oxygens (including phenoxy) is 1. The van der Waals surface area contributed by atoms with Crippen LogP contribution in [-0.2, 0) is 6.61 Å². The van der Waals surface area contributed by atoms with Crippen molar-refractivity contribution in [3.05, 3.63) is 81.0 Å². The highest BCUT2D eigenvalue weighted by atomic mass is 16.6. The van der Waals surface area contributed by atoms with Crippen molar-refractivity contribution in [2.24, 2.45) is 0 Å². The van der Waals surface area contributed by atoms with Gasteiger partial charge in [-0.1, -0.05) is 12.1 Å². The van der Waals surface area contributed by atoms with E-state index in [0.717, 1.165) is 0 Å². The summed E-state index contributed by atoms with van der Waals surface area (Å²) < 4.78 is 12.1. The monoisotopic (exact) mass is 352 g/mol. The molecule has 4 aromatic rings. The summed E-state index contributed by atoms with van der Waals surface area (Å²) in [7, 11) is 0. The standard InChI is InChI=1S/C17H12N4O5/c22-17-8-11(10-26-15-5-2-1-4-13(15)21(23)24)18-16-9-12(19-20(16)17)14-6-3-7-25-14/h1-9,19H,10H2. The molecule has 0 aliphatic rings. The lowest BCUT2D eigenvalue weighted by molar-refractivity contribution is -0.385. The molecule has 0 aliphatic heterocycles. The predicted molar refractivity (Wildman–Crippen MR) is 90.9 cm³/mol. The van der Waals surface area contributed by atoms with Gasteiger partial charge in [-0.3, -0.25) is 20.0 Å². The smallest absolute Gasteiger partial charge is 0.310 e. The highest BCUT2D eigenvalue weighted by Gasteiger charge is 2.15. The van der Waals surface area contributed by atoms with E-state index in [0.29, 0.717) is 22.8 Å². The molecule has 0 atom stereocenters. The number of H-pyrrole nitrogens is 1. The Morgan fingerprint density at radius 2 is 2.08 bits per heavy atom. The van der Waals surface area contributed by atoms with E-state index in [4.69, 9.17) is 9.15 Å². The number of furan rings is 1. The summed E-state index contributed by atoms with van der Waals surface area (Å²) in [5.74, 6) is 0.692. The second-order valence-corrected chi connectivity index (χ2v) is 5.44. The first kappa shape index (κ1) is 15.6. The molecule has 3 heterocycles. The van der Waals surface area contributed by atoms with Gasteiger partial charge in [-0.25, -0.2) is 9.50 Å². The van der Waals surface area contributed by atoms with Crippen molar-refractivity contribution in [1.82, 2.24) is 14.6 Å². The van der Waals surface area contributed by atoms with Crippen molar-refractivity contribution in [2.45, 2.75) is 6.61 Å². The molecule has 0 saturated heterocycles. The van der Waals surface area contributed by atoms with E-state index in [1.54, 1.807) is 30.3 Å². The van der Waals surface area contributed by atoms with Crippen LogP contribution >= 0.6 is 0 Å². The first-order valence-corrected chi connectivity index (χ1v) is 7.63. The van der Waals surface area contributed by atoms with Crippen LogP contribution in [0, 0.1) is 10.1 Å². The van der Waals surface area contributed by atoms with E-state index in [2.05, 4.69) is 10.1 Å². The molecule has 0 spiro atoms. The number of hydrogen-bond acceptors (Lipinski definition) is 6. The second kappa shape index (κ2) is 6.20. The first-order chi connectivity index (χ1) is 12.6. The van der Waals surface area contributed by atoms with Crippen LogP contribution in [0.1, 0.15) is 5.69 Å². The number of nitrogens with zero attached hydrogens (tertiary/aromatic N) is 3. The minimum absolute atomic E-state index is 0.0716. The van der Waals surface area contributed by atoms with Crippen molar-refractivity contribution in [3.63, 3.8) is 0 Å². The topological polar surface area (TPSA) is 116 Å². The molecule has 0 radical (unpaired) electrons. The molecule has 0 fully saturated rings. The molecule has 0 bridgehead atoms. The molecule has 4 rings (SSSR count). The number of nitrogens with one attached hydrogen (secondary N) is 1. The fraction of sp³-hybridized carbons (Fsp3) is 0.0588. The minimum atomic E-state index is -0.525. The molecule has 9 heteroatoms. The number of hydrogen-bond donors (Lipinski definition) is 1. The minimum Gasteiger partial charge on any atom is -0.480 e. The van der Waals surface area contributed by atoms with E-state index in [1.165, 1.54) is 29.0 Å². The summed E-state index contributed by atoms with van der Waals surface area (Å²) in [4.78, 5) is 27.1. The molecule has 0 unspecified atom stereocenters. The fourth-order valence-corrected chi connectivity index (χ4v) is 2.55. The highest BCUT2D eigenvalue weighted by molar-refractivity contribution is 5.59. The molecular weight excluding hydrogens is 340 g/mol. The molecule has 9 nitrogen and oxygen atoms in total.